The van der Waals surface area contributed by atoms with Gasteiger partial charge >= 0.3 is 5.97 Å². The first-order chi connectivity index (χ1) is 10.9. The van der Waals surface area contributed by atoms with Crippen molar-refractivity contribution < 1.29 is 17.9 Å². The Morgan fingerprint density at radius 2 is 2.13 bits per heavy atom. The molecular weight excluding hydrogens is 338 g/mol. The summed E-state index contributed by atoms with van der Waals surface area (Å²) >= 11 is 6.11. The van der Waals surface area contributed by atoms with Gasteiger partial charge in [0.25, 0.3) is 0 Å². The normalized spacial score (nSPS) is 19.8. The van der Waals surface area contributed by atoms with Crippen LogP contribution in [0.3, 0.4) is 0 Å². The molecule has 0 spiro atoms. The molecule has 0 N–H and O–H groups in total. The zero-order valence-corrected chi connectivity index (χ0v) is 13.9. The largest absolute Gasteiger partial charge is 0.461 e. The standard InChI is InChI=1S/C16H16ClNO4S/c17-16-13(8-12-3-1-2-4-14(12)18-16)9-22-15(19)7-11-5-6-23(20,21)10-11/h1-4,8,11H,5-7,9-10H2/t11-/m1/s1. The van der Waals surface area contributed by atoms with Crippen LogP contribution >= 0.6 is 11.6 Å². The number of esters is 1. The van der Waals surface area contributed by atoms with E-state index in [1.54, 1.807) is 0 Å². The third-order valence-electron chi connectivity index (χ3n) is 3.92. The average Bonchev–Trinajstić information content (AvgIpc) is 2.84. The summed E-state index contributed by atoms with van der Waals surface area (Å²) in [6.07, 6.45) is 0.646. The van der Waals surface area contributed by atoms with Gasteiger partial charge in [-0.05, 0) is 24.5 Å². The van der Waals surface area contributed by atoms with E-state index in [9.17, 15) is 13.2 Å². The van der Waals surface area contributed by atoms with Gasteiger partial charge in [-0.1, -0.05) is 29.8 Å². The van der Waals surface area contributed by atoms with Gasteiger partial charge in [0.2, 0.25) is 0 Å². The van der Waals surface area contributed by atoms with Crippen LogP contribution in [0, 0.1) is 5.92 Å². The monoisotopic (exact) mass is 353 g/mol. The maximum Gasteiger partial charge on any atom is 0.306 e. The summed E-state index contributed by atoms with van der Waals surface area (Å²) in [4.78, 5) is 16.1. The second-order valence-electron chi connectivity index (χ2n) is 5.76. The van der Waals surface area contributed by atoms with Crippen molar-refractivity contribution in [1.82, 2.24) is 4.98 Å². The van der Waals surface area contributed by atoms with E-state index in [-0.39, 0.29) is 30.5 Å². The van der Waals surface area contributed by atoms with Gasteiger partial charge in [0, 0.05) is 17.4 Å². The Kier molecular flexibility index (Phi) is 4.55. The Hall–Kier alpha value is -1.66. The number of aromatic nitrogens is 1. The van der Waals surface area contributed by atoms with Gasteiger partial charge in [0.1, 0.15) is 11.8 Å². The Labute approximate surface area is 139 Å². The van der Waals surface area contributed by atoms with Crippen LogP contribution in [0.2, 0.25) is 5.15 Å². The van der Waals surface area contributed by atoms with E-state index in [0.29, 0.717) is 17.1 Å². The van der Waals surface area contributed by atoms with Crippen molar-refractivity contribution in [3.05, 3.63) is 41.0 Å². The van der Waals surface area contributed by atoms with E-state index in [1.165, 1.54) is 0 Å². The first kappa shape index (κ1) is 16.2. The predicted molar refractivity (Wildman–Crippen MR) is 87.9 cm³/mol. The first-order valence-corrected chi connectivity index (χ1v) is 9.53. The van der Waals surface area contributed by atoms with Gasteiger partial charge in [-0.3, -0.25) is 4.79 Å². The van der Waals surface area contributed by atoms with Gasteiger partial charge in [-0.2, -0.15) is 0 Å². The molecule has 5 nitrogen and oxygen atoms in total. The number of benzene rings is 1. The van der Waals surface area contributed by atoms with Crippen LogP contribution in [0.1, 0.15) is 18.4 Å². The van der Waals surface area contributed by atoms with E-state index >= 15 is 0 Å². The van der Waals surface area contributed by atoms with Crippen LogP contribution in [-0.2, 0) is 26.0 Å². The zero-order valence-electron chi connectivity index (χ0n) is 12.4. The van der Waals surface area contributed by atoms with Crippen LogP contribution < -0.4 is 0 Å². The van der Waals surface area contributed by atoms with Gasteiger partial charge in [0.15, 0.2) is 9.84 Å². The highest BCUT2D eigenvalue weighted by Gasteiger charge is 2.29. The molecule has 0 saturated carbocycles. The van der Waals surface area contributed by atoms with E-state index in [4.69, 9.17) is 16.3 Å². The molecule has 0 bridgehead atoms. The molecule has 0 amide bonds. The highest BCUT2D eigenvalue weighted by Crippen LogP contribution is 2.24. The fourth-order valence-electron chi connectivity index (χ4n) is 2.72. The summed E-state index contributed by atoms with van der Waals surface area (Å²) in [6, 6.07) is 9.39. The molecule has 1 atom stereocenters. The number of rotatable bonds is 4. The number of ether oxygens (including phenoxy) is 1. The summed E-state index contributed by atoms with van der Waals surface area (Å²) in [7, 11) is -2.98. The number of carbonyl (C=O) groups excluding carboxylic acids is 1. The van der Waals surface area contributed by atoms with Crippen molar-refractivity contribution in [1.29, 1.82) is 0 Å². The molecule has 1 aliphatic rings. The summed E-state index contributed by atoms with van der Waals surface area (Å²) < 4.78 is 28.0. The van der Waals surface area contributed by atoms with Gasteiger partial charge < -0.3 is 4.74 Å². The van der Waals surface area contributed by atoms with E-state index in [0.717, 1.165) is 10.9 Å². The number of halogens is 1. The van der Waals surface area contributed by atoms with E-state index in [2.05, 4.69) is 4.98 Å². The molecule has 122 valence electrons. The SMILES string of the molecule is O=C(C[C@H]1CCS(=O)(=O)C1)OCc1cc2ccccc2nc1Cl. The number of hydrogen-bond acceptors (Lipinski definition) is 5. The Morgan fingerprint density at radius 3 is 2.87 bits per heavy atom. The van der Waals surface area contributed by atoms with Crippen LogP contribution in [0.4, 0.5) is 0 Å². The minimum Gasteiger partial charge on any atom is -0.461 e. The average molecular weight is 354 g/mol. The quantitative estimate of drug-likeness (QED) is 0.624. The fraction of sp³-hybridized carbons (Fsp3) is 0.375. The number of pyridine rings is 1. The smallest absolute Gasteiger partial charge is 0.306 e. The molecule has 1 saturated heterocycles. The molecule has 1 aliphatic heterocycles. The third-order valence-corrected chi connectivity index (χ3v) is 6.09. The topological polar surface area (TPSA) is 73.3 Å². The molecule has 0 unspecified atom stereocenters. The second kappa shape index (κ2) is 6.45. The number of hydrogen-bond donors (Lipinski definition) is 0. The number of para-hydroxylation sites is 1. The highest BCUT2D eigenvalue weighted by atomic mass is 35.5. The maximum atomic E-state index is 11.9. The second-order valence-corrected chi connectivity index (χ2v) is 8.35. The number of carbonyl (C=O) groups is 1. The molecular formula is C16H16ClNO4S. The molecule has 7 heteroatoms. The van der Waals surface area contributed by atoms with Gasteiger partial charge in [0.05, 0.1) is 17.0 Å². The lowest BCUT2D eigenvalue weighted by Crippen LogP contribution is -2.13. The fourth-order valence-corrected chi connectivity index (χ4v) is 4.79. The lowest BCUT2D eigenvalue weighted by atomic mass is 10.1. The molecule has 0 aliphatic carbocycles. The first-order valence-electron chi connectivity index (χ1n) is 7.33. The van der Waals surface area contributed by atoms with E-state index in [1.807, 2.05) is 30.3 Å². The van der Waals surface area contributed by atoms with Crippen molar-refractivity contribution in [2.75, 3.05) is 11.5 Å². The maximum absolute atomic E-state index is 11.9. The Balaban J connectivity index is 1.62. The van der Waals surface area contributed by atoms with Crippen molar-refractivity contribution in [3.63, 3.8) is 0 Å². The van der Waals surface area contributed by atoms with Crippen LogP contribution in [-0.4, -0.2) is 30.9 Å². The van der Waals surface area contributed by atoms with Crippen molar-refractivity contribution in [3.8, 4) is 0 Å². The van der Waals surface area contributed by atoms with E-state index < -0.39 is 15.8 Å². The van der Waals surface area contributed by atoms with Gasteiger partial charge in [-0.25, -0.2) is 13.4 Å². The summed E-state index contributed by atoms with van der Waals surface area (Å²) in [5.41, 5.74) is 1.42. The molecule has 0 radical (unpaired) electrons. The number of sulfone groups is 1. The minimum atomic E-state index is -2.98. The number of fused-ring (bicyclic) bond motifs is 1. The molecule has 2 heterocycles. The third kappa shape index (κ3) is 4.00. The zero-order chi connectivity index (χ0) is 16.4. The van der Waals surface area contributed by atoms with Gasteiger partial charge in [-0.15, -0.1) is 0 Å². The van der Waals surface area contributed by atoms with Crippen LogP contribution in [0.25, 0.3) is 10.9 Å². The summed E-state index contributed by atoms with van der Waals surface area (Å²) in [5, 5.41) is 1.23. The molecule has 1 aromatic carbocycles. The summed E-state index contributed by atoms with van der Waals surface area (Å²) in [6.45, 7) is 0.0367. The molecule has 1 fully saturated rings. The lowest BCUT2D eigenvalue weighted by Gasteiger charge is -2.10. The molecule has 2 aromatic rings. The Morgan fingerprint density at radius 1 is 1.35 bits per heavy atom. The van der Waals surface area contributed by atoms with Crippen molar-refractivity contribution in [2.24, 2.45) is 5.92 Å². The van der Waals surface area contributed by atoms with Crippen molar-refractivity contribution >= 4 is 38.3 Å². The van der Waals surface area contributed by atoms with Crippen LogP contribution in [0.5, 0.6) is 0 Å². The van der Waals surface area contributed by atoms with Crippen LogP contribution in [0.15, 0.2) is 30.3 Å². The summed E-state index contributed by atoms with van der Waals surface area (Å²) in [5.74, 6) is -0.319. The predicted octanol–water partition coefficient (Wildman–Crippen LogP) is 2.76. The number of nitrogens with zero attached hydrogens (tertiary/aromatic N) is 1. The highest BCUT2D eigenvalue weighted by molar-refractivity contribution is 7.91. The Bertz CT molecular complexity index is 850. The lowest BCUT2D eigenvalue weighted by molar-refractivity contribution is -0.145. The minimum absolute atomic E-state index is 0.0367. The molecule has 1 aromatic heterocycles. The molecule has 23 heavy (non-hydrogen) atoms. The van der Waals surface area contributed by atoms with Crippen molar-refractivity contribution in [2.45, 2.75) is 19.4 Å². The molecule has 3 rings (SSSR count).